The van der Waals surface area contributed by atoms with Gasteiger partial charge in [-0.25, -0.2) is 9.37 Å². The largest absolute Gasteiger partial charge is 0.344 e. The molecule has 3 rings (SSSR count). The highest BCUT2D eigenvalue weighted by molar-refractivity contribution is 7.10. The zero-order valence-corrected chi connectivity index (χ0v) is 21.2. The van der Waals surface area contributed by atoms with Crippen LogP contribution in [0.1, 0.15) is 79.3 Å². The number of carbonyl (C=O) groups excluding carboxylic acids is 3. The molecule has 0 spiro atoms. The van der Waals surface area contributed by atoms with Gasteiger partial charge in [-0.05, 0) is 63.4 Å². The standard InChI is InChI=1S/C26H33FN4O3S/c1-4-19(26-30-20(14-35-26)23(32)17-10-12-18(27)13-11-17)21(28)24(33)22(16-8-6-5-7-9-16)31-25(34)15(2)29-3/h10-16,19,22,28-29H,4-9H2,1-3H3,(H,31,34)/t15?,19-,22-/m0/s1. The Morgan fingerprint density at radius 1 is 1.17 bits per heavy atom. The number of Topliss-reactive ketones (excluding diaryl/α,β-unsaturated/α-hetero) is 1. The van der Waals surface area contributed by atoms with Crippen molar-refractivity contribution in [3.63, 3.8) is 0 Å². The van der Waals surface area contributed by atoms with Crippen molar-refractivity contribution in [2.24, 2.45) is 5.92 Å². The lowest BCUT2D eigenvalue weighted by Gasteiger charge is -2.31. The molecule has 0 aliphatic heterocycles. The van der Waals surface area contributed by atoms with Crippen LogP contribution in [0.4, 0.5) is 4.39 Å². The third-order valence-corrected chi connectivity index (χ3v) is 7.67. The van der Waals surface area contributed by atoms with E-state index in [1.54, 1.807) is 19.4 Å². The number of likely N-dealkylation sites (N-methyl/N-ethyl adjacent to an activating group) is 1. The summed E-state index contributed by atoms with van der Waals surface area (Å²) in [6.45, 7) is 3.60. The number of hydrogen-bond donors (Lipinski definition) is 3. The third kappa shape index (κ3) is 6.46. The molecule has 2 aromatic rings. The SMILES string of the molecule is CC[C@@H](C(=N)C(=O)[C@@H](NC(=O)C(C)NC)C1CCCCC1)c1nc(C(=O)c2ccc(F)cc2)cs1. The van der Waals surface area contributed by atoms with E-state index in [4.69, 9.17) is 5.41 Å². The van der Waals surface area contributed by atoms with Crippen molar-refractivity contribution >= 4 is 34.5 Å². The van der Waals surface area contributed by atoms with Crippen molar-refractivity contribution in [2.45, 2.75) is 70.4 Å². The predicted octanol–water partition coefficient (Wildman–Crippen LogP) is 4.27. The number of rotatable bonds is 11. The molecule has 1 aliphatic carbocycles. The molecule has 1 fully saturated rings. The molecular formula is C26H33FN4O3S. The second kappa shape index (κ2) is 12.3. The number of carbonyl (C=O) groups is 3. The summed E-state index contributed by atoms with van der Waals surface area (Å²) in [4.78, 5) is 43.4. The monoisotopic (exact) mass is 500 g/mol. The molecule has 3 atom stereocenters. The highest BCUT2D eigenvalue weighted by Gasteiger charge is 2.36. The molecule has 1 aromatic carbocycles. The Bertz CT molecular complexity index is 1060. The van der Waals surface area contributed by atoms with E-state index >= 15 is 0 Å². The van der Waals surface area contributed by atoms with Crippen LogP contribution in [0.5, 0.6) is 0 Å². The average molecular weight is 501 g/mol. The minimum Gasteiger partial charge on any atom is -0.344 e. The van der Waals surface area contributed by atoms with E-state index in [1.165, 1.54) is 35.6 Å². The van der Waals surface area contributed by atoms with Gasteiger partial charge in [-0.15, -0.1) is 11.3 Å². The summed E-state index contributed by atoms with van der Waals surface area (Å²) >= 11 is 1.23. The smallest absolute Gasteiger partial charge is 0.237 e. The molecule has 35 heavy (non-hydrogen) atoms. The van der Waals surface area contributed by atoms with Gasteiger partial charge in [0.1, 0.15) is 16.5 Å². The predicted molar refractivity (Wildman–Crippen MR) is 135 cm³/mol. The lowest BCUT2D eigenvalue weighted by atomic mass is 9.79. The number of amides is 1. The fourth-order valence-electron chi connectivity index (χ4n) is 4.42. The van der Waals surface area contributed by atoms with Gasteiger partial charge < -0.3 is 16.0 Å². The van der Waals surface area contributed by atoms with Crippen molar-refractivity contribution in [2.75, 3.05) is 7.05 Å². The molecule has 9 heteroatoms. The van der Waals surface area contributed by atoms with Crippen LogP contribution in [-0.2, 0) is 9.59 Å². The Balaban J connectivity index is 1.81. The highest BCUT2D eigenvalue weighted by Crippen LogP contribution is 2.30. The number of nitrogens with one attached hydrogen (secondary N) is 3. The normalized spacial score (nSPS) is 16.8. The van der Waals surface area contributed by atoms with Crippen molar-refractivity contribution < 1.29 is 18.8 Å². The molecule has 1 unspecified atom stereocenters. The molecule has 0 radical (unpaired) electrons. The summed E-state index contributed by atoms with van der Waals surface area (Å²) in [7, 11) is 1.68. The van der Waals surface area contributed by atoms with E-state index in [2.05, 4.69) is 15.6 Å². The Morgan fingerprint density at radius 2 is 1.83 bits per heavy atom. The number of hydrogen-bond acceptors (Lipinski definition) is 7. The average Bonchev–Trinajstić information content (AvgIpc) is 3.37. The van der Waals surface area contributed by atoms with Gasteiger partial charge in [0, 0.05) is 10.9 Å². The van der Waals surface area contributed by atoms with Crippen LogP contribution in [0.25, 0.3) is 0 Å². The third-order valence-electron chi connectivity index (χ3n) is 6.71. The number of aromatic nitrogens is 1. The summed E-state index contributed by atoms with van der Waals surface area (Å²) in [5.74, 6) is -2.00. The molecule has 3 N–H and O–H groups in total. The first-order chi connectivity index (χ1) is 16.8. The van der Waals surface area contributed by atoms with Crippen molar-refractivity contribution in [3.05, 3.63) is 51.7 Å². The maximum atomic E-state index is 13.6. The quantitative estimate of drug-likeness (QED) is 0.315. The molecular weight excluding hydrogens is 467 g/mol. The topological polar surface area (TPSA) is 112 Å². The van der Waals surface area contributed by atoms with E-state index in [1.807, 2.05) is 6.92 Å². The summed E-state index contributed by atoms with van der Waals surface area (Å²) < 4.78 is 13.2. The Kier molecular flexibility index (Phi) is 9.40. The Labute approximate surface area is 209 Å². The van der Waals surface area contributed by atoms with Crippen molar-refractivity contribution in [1.82, 2.24) is 15.6 Å². The van der Waals surface area contributed by atoms with E-state index in [0.717, 1.165) is 32.1 Å². The summed E-state index contributed by atoms with van der Waals surface area (Å²) in [5.41, 5.74) is 0.423. The van der Waals surface area contributed by atoms with Gasteiger partial charge in [0.2, 0.25) is 11.7 Å². The molecule has 1 saturated carbocycles. The minimum absolute atomic E-state index is 0.00554. The molecule has 188 valence electrons. The van der Waals surface area contributed by atoms with Crippen LogP contribution < -0.4 is 10.6 Å². The summed E-state index contributed by atoms with van der Waals surface area (Å²) in [6.07, 6.45) is 5.23. The first-order valence-electron chi connectivity index (χ1n) is 12.1. The van der Waals surface area contributed by atoms with Crippen LogP contribution in [0, 0.1) is 17.1 Å². The number of benzene rings is 1. The molecule has 7 nitrogen and oxygen atoms in total. The van der Waals surface area contributed by atoms with Gasteiger partial charge in [0.05, 0.1) is 23.7 Å². The van der Waals surface area contributed by atoms with Crippen LogP contribution in [-0.4, -0.2) is 47.3 Å². The second-order valence-electron chi connectivity index (χ2n) is 9.04. The fraction of sp³-hybridized carbons (Fsp3) is 0.500. The molecule has 0 bridgehead atoms. The van der Waals surface area contributed by atoms with E-state index in [9.17, 15) is 18.8 Å². The number of ketones is 2. The fourth-order valence-corrected chi connectivity index (χ4v) is 5.41. The van der Waals surface area contributed by atoms with E-state index in [-0.39, 0.29) is 34.8 Å². The molecule has 1 amide bonds. The Hall–Kier alpha value is -2.78. The maximum absolute atomic E-state index is 13.6. The van der Waals surface area contributed by atoms with E-state index in [0.29, 0.717) is 17.0 Å². The van der Waals surface area contributed by atoms with Crippen LogP contribution in [0.2, 0.25) is 0 Å². The molecule has 1 aliphatic rings. The van der Waals surface area contributed by atoms with Gasteiger partial charge in [-0.1, -0.05) is 26.2 Å². The highest BCUT2D eigenvalue weighted by atomic mass is 32.1. The zero-order chi connectivity index (χ0) is 25.5. The van der Waals surface area contributed by atoms with Gasteiger partial charge >= 0.3 is 0 Å². The Morgan fingerprint density at radius 3 is 2.43 bits per heavy atom. The molecule has 1 aromatic heterocycles. The van der Waals surface area contributed by atoms with E-state index < -0.39 is 23.8 Å². The first-order valence-corrected chi connectivity index (χ1v) is 13.0. The van der Waals surface area contributed by atoms with Gasteiger partial charge in [0.15, 0.2) is 5.78 Å². The first kappa shape index (κ1) is 26.8. The zero-order valence-electron chi connectivity index (χ0n) is 20.4. The number of thiazole rings is 1. The number of nitrogens with zero attached hydrogens (tertiary/aromatic N) is 1. The molecule has 0 saturated heterocycles. The second-order valence-corrected chi connectivity index (χ2v) is 9.93. The summed E-state index contributed by atoms with van der Waals surface area (Å²) in [5, 5.41) is 16.7. The van der Waals surface area contributed by atoms with Crippen LogP contribution in [0.3, 0.4) is 0 Å². The maximum Gasteiger partial charge on any atom is 0.237 e. The number of halogens is 1. The van der Waals surface area contributed by atoms with Gasteiger partial charge in [-0.3, -0.25) is 14.4 Å². The lowest BCUT2D eigenvalue weighted by Crippen LogP contribution is -2.53. The summed E-state index contributed by atoms with van der Waals surface area (Å²) in [6, 6.07) is 4.05. The lowest BCUT2D eigenvalue weighted by molar-refractivity contribution is -0.127. The van der Waals surface area contributed by atoms with Crippen molar-refractivity contribution in [3.8, 4) is 0 Å². The van der Waals surface area contributed by atoms with Crippen LogP contribution in [0.15, 0.2) is 29.6 Å². The van der Waals surface area contributed by atoms with Gasteiger partial charge in [0.25, 0.3) is 0 Å². The molecule has 1 heterocycles. The minimum atomic E-state index is -0.750. The van der Waals surface area contributed by atoms with Crippen LogP contribution >= 0.6 is 11.3 Å². The van der Waals surface area contributed by atoms with Gasteiger partial charge in [-0.2, -0.15) is 0 Å². The van der Waals surface area contributed by atoms with Crippen molar-refractivity contribution in [1.29, 1.82) is 5.41 Å².